The lowest BCUT2D eigenvalue weighted by Crippen LogP contribution is -2.16. The zero-order chi connectivity index (χ0) is 29.4. The largest absolute Gasteiger partial charge is 0.448 e. The van der Waals surface area contributed by atoms with Gasteiger partial charge in [0.05, 0.1) is 18.1 Å². The van der Waals surface area contributed by atoms with Gasteiger partial charge in [-0.15, -0.1) is 0 Å². The highest BCUT2D eigenvalue weighted by Crippen LogP contribution is 2.24. The van der Waals surface area contributed by atoms with Crippen molar-refractivity contribution in [3.05, 3.63) is 72.1 Å². The summed E-state index contributed by atoms with van der Waals surface area (Å²) in [7, 11) is 1.97. The molecular weight excluding hydrogens is 476 g/mol. The van der Waals surface area contributed by atoms with Crippen molar-refractivity contribution in [2.75, 3.05) is 0 Å². The molecular formula is C30H50N6O2. The van der Waals surface area contributed by atoms with Gasteiger partial charge in [0.2, 0.25) is 0 Å². The molecule has 0 atom stereocenters. The van der Waals surface area contributed by atoms with E-state index in [2.05, 4.69) is 114 Å². The Labute approximate surface area is 229 Å². The van der Waals surface area contributed by atoms with E-state index in [1.54, 1.807) is 6.20 Å². The Morgan fingerprint density at radius 3 is 1.61 bits per heavy atom. The van der Waals surface area contributed by atoms with Gasteiger partial charge in [0.25, 0.3) is 0 Å². The molecule has 38 heavy (non-hydrogen) atoms. The van der Waals surface area contributed by atoms with Crippen LogP contribution in [0, 0.1) is 6.92 Å². The highest BCUT2D eigenvalue weighted by molar-refractivity contribution is 5.14. The number of nitrogens with zero attached hydrogens (tertiary/aromatic N) is 5. The maximum Gasteiger partial charge on any atom is 0.181 e. The van der Waals surface area contributed by atoms with E-state index in [1.165, 1.54) is 24.0 Å². The van der Waals surface area contributed by atoms with Crippen LogP contribution in [0.15, 0.2) is 52.5 Å². The summed E-state index contributed by atoms with van der Waals surface area (Å²) in [5.74, 6) is 1.91. The predicted octanol–water partition coefficient (Wildman–Crippen LogP) is 7.68. The molecule has 4 aromatic rings. The van der Waals surface area contributed by atoms with Gasteiger partial charge in [-0.3, -0.25) is 9.78 Å². The van der Waals surface area contributed by atoms with Crippen LogP contribution in [0.4, 0.5) is 0 Å². The second-order valence-corrected chi connectivity index (χ2v) is 13.5. The number of hydrogen-bond donors (Lipinski definition) is 1. The number of hydrogen-bond acceptors (Lipinski definition) is 6. The molecule has 0 aliphatic carbocycles. The van der Waals surface area contributed by atoms with Crippen LogP contribution >= 0.6 is 0 Å². The molecule has 0 amide bonds. The minimum Gasteiger partial charge on any atom is -0.448 e. The molecule has 0 saturated heterocycles. The molecule has 0 radical (unpaired) electrons. The predicted molar refractivity (Wildman–Crippen MR) is 154 cm³/mol. The molecule has 212 valence electrons. The van der Waals surface area contributed by atoms with Crippen LogP contribution in [0.2, 0.25) is 0 Å². The third kappa shape index (κ3) is 11.1. The van der Waals surface area contributed by atoms with E-state index in [4.69, 9.17) is 8.83 Å². The first-order valence-electron chi connectivity index (χ1n) is 13.0. The van der Waals surface area contributed by atoms with Crippen LogP contribution in [-0.2, 0) is 28.7 Å². The lowest BCUT2D eigenvalue weighted by Gasteiger charge is -2.17. The second-order valence-electron chi connectivity index (χ2n) is 13.5. The molecule has 4 rings (SSSR count). The summed E-state index contributed by atoms with van der Waals surface area (Å²) >= 11 is 0. The third-order valence-electron chi connectivity index (χ3n) is 5.55. The summed E-state index contributed by atoms with van der Waals surface area (Å²) in [6.45, 7) is 27.6. The zero-order valence-corrected chi connectivity index (χ0v) is 26.1. The summed E-state index contributed by atoms with van der Waals surface area (Å²) in [5, 5.41) is 10.7. The number of rotatable bonds is 0. The van der Waals surface area contributed by atoms with Gasteiger partial charge < -0.3 is 8.83 Å². The first kappa shape index (κ1) is 32.9. The lowest BCUT2D eigenvalue weighted by atomic mass is 9.90. The summed E-state index contributed by atoms with van der Waals surface area (Å²) in [5.41, 5.74) is 4.14. The molecule has 4 heterocycles. The van der Waals surface area contributed by atoms with Gasteiger partial charge in [0.15, 0.2) is 12.8 Å². The van der Waals surface area contributed by atoms with Gasteiger partial charge in [-0.1, -0.05) is 83.1 Å². The number of nitrogens with one attached hydrogen (secondary N) is 1. The molecule has 0 aliphatic rings. The molecule has 4 aromatic heterocycles. The van der Waals surface area contributed by atoms with Gasteiger partial charge >= 0.3 is 0 Å². The minimum absolute atomic E-state index is 0.0839. The van der Waals surface area contributed by atoms with Crippen molar-refractivity contribution in [3.8, 4) is 0 Å². The van der Waals surface area contributed by atoms with Gasteiger partial charge in [-0.05, 0) is 24.0 Å². The smallest absolute Gasteiger partial charge is 0.181 e. The Balaban J connectivity index is 0.000000254. The summed E-state index contributed by atoms with van der Waals surface area (Å²) in [6.07, 6.45) is 10.3. The summed E-state index contributed by atoms with van der Waals surface area (Å²) < 4.78 is 12.2. The fourth-order valence-electron chi connectivity index (χ4n) is 3.38. The molecule has 0 aliphatic heterocycles. The molecule has 0 spiro atoms. The molecule has 1 N–H and O–H groups in total. The SMILES string of the molecule is CC(C)(C)c1cn[nH]c1.CC(C)(C)c1cnco1.Cc1ncoc1C(C)(C)C.Cn1nccc1C(C)(C)C. The van der Waals surface area contributed by atoms with Crippen molar-refractivity contribution >= 4 is 0 Å². The number of oxazole rings is 2. The van der Waals surface area contributed by atoms with Crippen LogP contribution in [-0.4, -0.2) is 29.9 Å². The third-order valence-corrected chi connectivity index (χ3v) is 5.55. The average molecular weight is 527 g/mol. The van der Waals surface area contributed by atoms with Crippen LogP contribution in [0.3, 0.4) is 0 Å². The Bertz CT molecular complexity index is 1060. The number of aryl methyl sites for hydroxylation is 2. The molecule has 8 heteroatoms. The first-order valence-corrected chi connectivity index (χ1v) is 13.0. The average Bonchev–Trinajstić information content (AvgIpc) is 3.53. The van der Waals surface area contributed by atoms with E-state index in [9.17, 15) is 0 Å². The van der Waals surface area contributed by atoms with E-state index in [0.717, 1.165) is 17.2 Å². The Kier molecular flexibility index (Phi) is 11.3. The van der Waals surface area contributed by atoms with Crippen LogP contribution in [0.25, 0.3) is 0 Å². The van der Waals surface area contributed by atoms with Gasteiger partial charge in [-0.2, -0.15) is 10.2 Å². The Morgan fingerprint density at radius 1 is 0.763 bits per heavy atom. The first-order chi connectivity index (χ1) is 17.2. The van der Waals surface area contributed by atoms with E-state index in [-0.39, 0.29) is 21.7 Å². The van der Waals surface area contributed by atoms with E-state index in [0.29, 0.717) is 0 Å². The lowest BCUT2D eigenvalue weighted by molar-refractivity contribution is 0.405. The van der Waals surface area contributed by atoms with Crippen molar-refractivity contribution in [2.24, 2.45) is 7.05 Å². The zero-order valence-electron chi connectivity index (χ0n) is 26.1. The molecule has 8 nitrogen and oxygen atoms in total. The fraction of sp³-hybridized carbons (Fsp3) is 0.600. The maximum absolute atomic E-state index is 5.22. The van der Waals surface area contributed by atoms with E-state index < -0.39 is 0 Å². The van der Waals surface area contributed by atoms with Crippen LogP contribution < -0.4 is 0 Å². The number of aromatic amines is 1. The molecule has 0 saturated carbocycles. The quantitative estimate of drug-likeness (QED) is 0.252. The molecule has 0 fully saturated rings. The van der Waals surface area contributed by atoms with Gasteiger partial charge in [0, 0.05) is 41.4 Å². The topological polar surface area (TPSA) is 98.6 Å². The molecule has 0 unspecified atom stereocenters. The standard InChI is InChI=1S/C8H14N2.C8H13NO.C7H12N2.C7H11NO/c1-8(2,3)7-5-6-9-10(7)4;1-6-7(8(2,3)4)10-5-9-6;1-7(2,3)6-4-8-9-5-6;1-7(2,3)6-4-8-5-9-6/h5-6H,1-4H3;5H,1-4H3;4-5H,1-3H3,(H,8,9);4-5H,1-3H3. The maximum atomic E-state index is 5.22. The highest BCUT2D eigenvalue weighted by Gasteiger charge is 2.20. The normalized spacial score (nSPS) is 11.9. The van der Waals surface area contributed by atoms with Crippen molar-refractivity contribution in [1.82, 2.24) is 29.9 Å². The number of H-pyrrole nitrogens is 1. The molecule has 0 bridgehead atoms. The summed E-state index contributed by atoms with van der Waals surface area (Å²) in [4.78, 5) is 7.84. The van der Waals surface area contributed by atoms with Gasteiger partial charge in [-0.25, -0.2) is 9.97 Å². The van der Waals surface area contributed by atoms with Crippen LogP contribution in [0.5, 0.6) is 0 Å². The van der Waals surface area contributed by atoms with Crippen molar-refractivity contribution in [3.63, 3.8) is 0 Å². The Hall–Kier alpha value is -3.16. The second kappa shape index (κ2) is 13.1. The monoisotopic (exact) mass is 526 g/mol. The Morgan fingerprint density at radius 2 is 1.39 bits per heavy atom. The van der Waals surface area contributed by atoms with Gasteiger partial charge in [0.1, 0.15) is 11.5 Å². The van der Waals surface area contributed by atoms with Crippen molar-refractivity contribution in [2.45, 2.75) is 112 Å². The molecule has 0 aromatic carbocycles. The van der Waals surface area contributed by atoms with E-state index >= 15 is 0 Å². The fourth-order valence-corrected chi connectivity index (χ4v) is 3.38. The van der Waals surface area contributed by atoms with Crippen molar-refractivity contribution in [1.29, 1.82) is 0 Å². The van der Waals surface area contributed by atoms with E-state index in [1.807, 2.05) is 37.2 Å². The van der Waals surface area contributed by atoms with Crippen molar-refractivity contribution < 1.29 is 8.83 Å². The summed E-state index contributed by atoms with van der Waals surface area (Å²) in [6, 6.07) is 2.06. The minimum atomic E-state index is 0.0839. The van der Waals surface area contributed by atoms with Crippen LogP contribution in [0.1, 0.15) is 112 Å². The number of aromatic nitrogens is 6. The highest BCUT2D eigenvalue weighted by atomic mass is 16.3.